The Kier molecular flexibility index (Phi) is 3.23. The van der Waals surface area contributed by atoms with Crippen LogP contribution in [0.1, 0.15) is 39.2 Å². The molecule has 0 aromatic heterocycles. The molecule has 0 fully saturated rings. The summed E-state index contributed by atoms with van der Waals surface area (Å²) >= 11 is 0. The van der Waals surface area contributed by atoms with Crippen LogP contribution in [0.2, 0.25) is 0 Å². The molecule has 2 heteroatoms. The van der Waals surface area contributed by atoms with Crippen molar-refractivity contribution < 1.29 is 9.53 Å². The molecule has 1 atom stereocenters. The summed E-state index contributed by atoms with van der Waals surface area (Å²) in [4.78, 5) is 12.0. The third-order valence-corrected chi connectivity index (χ3v) is 3.13. The molecule has 17 heavy (non-hydrogen) atoms. The van der Waals surface area contributed by atoms with Crippen molar-refractivity contribution in [3.05, 3.63) is 29.8 Å². The van der Waals surface area contributed by atoms with Crippen molar-refractivity contribution in [1.29, 1.82) is 0 Å². The lowest BCUT2D eigenvalue weighted by Crippen LogP contribution is -2.26. The molecule has 0 spiro atoms. The zero-order valence-corrected chi connectivity index (χ0v) is 10.8. The molecule has 1 unspecified atom stereocenters. The van der Waals surface area contributed by atoms with Crippen molar-refractivity contribution in [3.8, 4) is 5.75 Å². The van der Waals surface area contributed by atoms with Crippen LogP contribution in [0, 0.1) is 5.41 Å². The molecule has 1 heterocycles. The van der Waals surface area contributed by atoms with Crippen molar-refractivity contribution in [2.45, 2.75) is 46.1 Å². The molecule has 1 aliphatic heterocycles. The first-order chi connectivity index (χ1) is 7.96. The van der Waals surface area contributed by atoms with Crippen LogP contribution < -0.4 is 4.74 Å². The molecule has 2 rings (SSSR count). The van der Waals surface area contributed by atoms with Gasteiger partial charge >= 0.3 is 0 Å². The number of carbonyl (C=O) groups is 1. The maximum atomic E-state index is 12.0. The molecule has 92 valence electrons. The quantitative estimate of drug-likeness (QED) is 0.798. The average Bonchev–Trinajstić information content (AvgIpc) is 2.68. The number of Topliss-reactive ketones (excluding diaryl/α,β-unsaturated/α-hetero) is 1. The lowest BCUT2D eigenvalue weighted by molar-refractivity contribution is -0.125. The van der Waals surface area contributed by atoms with Crippen LogP contribution >= 0.6 is 0 Å². The van der Waals surface area contributed by atoms with Gasteiger partial charge in [0.05, 0.1) is 0 Å². The number of carbonyl (C=O) groups excluding carboxylic acids is 1. The van der Waals surface area contributed by atoms with Crippen LogP contribution in [-0.2, 0) is 11.2 Å². The van der Waals surface area contributed by atoms with Gasteiger partial charge in [-0.15, -0.1) is 0 Å². The van der Waals surface area contributed by atoms with Crippen LogP contribution in [0.4, 0.5) is 0 Å². The summed E-state index contributed by atoms with van der Waals surface area (Å²) in [7, 11) is 0. The van der Waals surface area contributed by atoms with Gasteiger partial charge in [0.2, 0.25) is 0 Å². The molecular formula is C15H20O2. The van der Waals surface area contributed by atoms with E-state index in [1.807, 2.05) is 24.3 Å². The number of benzene rings is 1. The topological polar surface area (TPSA) is 26.3 Å². The minimum absolute atomic E-state index is 0.209. The largest absolute Gasteiger partial charge is 0.482 e. The summed E-state index contributed by atoms with van der Waals surface area (Å²) in [5.41, 5.74) is 1.36. The van der Waals surface area contributed by atoms with Crippen molar-refractivity contribution in [1.82, 2.24) is 0 Å². The van der Waals surface area contributed by atoms with Gasteiger partial charge < -0.3 is 4.74 Å². The van der Waals surface area contributed by atoms with Crippen LogP contribution in [0.5, 0.6) is 5.75 Å². The fourth-order valence-corrected chi connectivity index (χ4v) is 2.02. The Bertz CT molecular complexity index is 390. The number of ether oxygens (including phenoxy) is 1. The average molecular weight is 232 g/mol. The molecule has 0 N–H and O–H groups in total. The first kappa shape index (κ1) is 12.2. The molecule has 0 amide bonds. The molecule has 1 aromatic carbocycles. The molecule has 0 radical (unpaired) electrons. The van der Waals surface area contributed by atoms with Crippen molar-refractivity contribution >= 4 is 5.78 Å². The summed E-state index contributed by atoms with van der Waals surface area (Å²) in [5, 5.41) is 0. The Labute approximate surface area is 103 Å². The predicted octanol–water partition coefficient (Wildman–Crippen LogP) is 3.39. The fourth-order valence-electron chi connectivity index (χ4n) is 2.02. The van der Waals surface area contributed by atoms with Gasteiger partial charge in [-0.05, 0) is 23.5 Å². The van der Waals surface area contributed by atoms with Gasteiger partial charge in [-0.1, -0.05) is 39.0 Å². The highest BCUT2D eigenvalue weighted by molar-refractivity contribution is 5.84. The molecular weight excluding hydrogens is 212 g/mol. The normalized spacial score (nSPS) is 18.6. The summed E-state index contributed by atoms with van der Waals surface area (Å²) in [5.74, 6) is 1.11. The minimum Gasteiger partial charge on any atom is -0.482 e. The highest BCUT2D eigenvalue weighted by Gasteiger charge is 2.28. The molecule has 1 aromatic rings. The van der Waals surface area contributed by atoms with E-state index in [9.17, 15) is 4.79 Å². The maximum absolute atomic E-state index is 12.0. The third kappa shape index (κ3) is 3.09. The smallest absolute Gasteiger partial charge is 0.173 e. The number of fused-ring (bicyclic) bond motifs is 1. The van der Waals surface area contributed by atoms with E-state index in [0.717, 1.165) is 24.2 Å². The van der Waals surface area contributed by atoms with Crippen LogP contribution in [0.3, 0.4) is 0 Å². The van der Waals surface area contributed by atoms with E-state index in [1.165, 1.54) is 0 Å². The van der Waals surface area contributed by atoms with E-state index < -0.39 is 0 Å². The number of rotatable bonds is 3. The van der Waals surface area contributed by atoms with E-state index in [2.05, 4.69) is 20.8 Å². The lowest BCUT2D eigenvalue weighted by Gasteiger charge is -2.18. The van der Waals surface area contributed by atoms with Crippen LogP contribution in [0.15, 0.2) is 24.3 Å². The first-order valence-corrected chi connectivity index (χ1v) is 6.23. The molecule has 1 aliphatic rings. The van der Waals surface area contributed by atoms with Gasteiger partial charge in [-0.3, -0.25) is 4.79 Å². The van der Waals surface area contributed by atoms with E-state index >= 15 is 0 Å². The molecule has 0 saturated heterocycles. The van der Waals surface area contributed by atoms with Gasteiger partial charge in [0.1, 0.15) is 5.75 Å². The SMILES string of the molecule is CC(C)(C)CCC(=O)C1Cc2ccccc2O1. The number of hydrogen-bond donors (Lipinski definition) is 0. The van der Waals surface area contributed by atoms with Crippen molar-refractivity contribution in [2.24, 2.45) is 5.41 Å². The number of para-hydroxylation sites is 1. The monoisotopic (exact) mass is 232 g/mol. The minimum atomic E-state index is -0.255. The van der Waals surface area contributed by atoms with E-state index in [4.69, 9.17) is 4.74 Å². The molecule has 2 nitrogen and oxygen atoms in total. The lowest BCUT2D eigenvalue weighted by atomic mass is 9.88. The second-order valence-electron chi connectivity index (χ2n) is 5.95. The Morgan fingerprint density at radius 2 is 2.06 bits per heavy atom. The first-order valence-electron chi connectivity index (χ1n) is 6.23. The molecule has 0 saturated carbocycles. The summed E-state index contributed by atoms with van der Waals surface area (Å²) in [6, 6.07) is 7.91. The van der Waals surface area contributed by atoms with Gasteiger partial charge in [-0.2, -0.15) is 0 Å². The zero-order valence-electron chi connectivity index (χ0n) is 10.8. The maximum Gasteiger partial charge on any atom is 0.173 e. The third-order valence-electron chi connectivity index (χ3n) is 3.13. The molecule has 0 aliphatic carbocycles. The second-order valence-corrected chi connectivity index (χ2v) is 5.95. The number of ketones is 1. The second kappa shape index (κ2) is 4.52. The highest BCUT2D eigenvalue weighted by atomic mass is 16.5. The van der Waals surface area contributed by atoms with Gasteiger partial charge in [-0.25, -0.2) is 0 Å². The van der Waals surface area contributed by atoms with Crippen molar-refractivity contribution in [2.75, 3.05) is 0 Å². The summed E-state index contributed by atoms with van der Waals surface area (Å²) in [6.45, 7) is 6.47. The highest BCUT2D eigenvalue weighted by Crippen LogP contribution is 2.30. The van der Waals surface area contributed by atoms with Crippen molar-refractivity contribution in [3.63, 3.8) is 0 Å². The summed E-state index contributed by atoms with van der Waals surface area (Å²) in [6.07, 6.45) is 2.01. The standard InChI is InChI=1S/C15H20O2/c1-15(2,3)9-8-12(16)14-10-11-6-4-5-7-13(11)17-14/h4-7,14H,8-10H2,1-3H3. The predicted molar refractivity (Wildman–Crippen MR) is 68.3 cm³/mol. The van der Waals surface area contributed by atoms with E-state index in [-0.39, 0.29) is 17.3 Å². The molecule has 0 bridgehead atoms. The van der Waals surface area contributed by atoms with Gasteiger partial charge in [0.25, 0.3) is 0 Å². The Hall–Kier alpha value is -1.31. The Morgan fingerprint density at radius 1 is 1.35 bits per heavy atom. The zero-order chi connectivity index (χ0) is 12.5. The van der Waals surface area contributed by atoms with Gasteiger partial charge in [0.15, 0.2) is 11.9 Å². The Morgan fingerprint density at radius 3 is 2.71 bits per heavy atom. The summed E-state index contributed by atoms with van der Waals surface area (Å²) < 4.78 is 5.68. The van der Waals surface area contributed by atoms with E-state index in [0.29, 0.717) is 6.42 Å². The van der Waals surface area contributed by atoms with E-state index in [1.54, 1.807) is 0 Å². The van der Waals surface area contributed by atoms with Crippen LogP contribution in [-0.4, -0.2) is 11.9 Å². The fraction of sp³-hybridized carbons (Fsp3) is 0.533. The Balaban J connectivity index is 1.92. The van der Waals surface area contributed by atoms with Crippen LogP contribution in [0.25, 0.3) is 0 Å². The number of hydrogen-bond acceptors (Lipinski definition) is 2. The van der Waals surface area contributed by atoms with Gasteiger partial charge in [0, 0.05) is 12.8 Å².